The zero-order valence-electron chi connectivity index (χ0n) is 33.3. The quantitative estimate of drug-likeness (QED) is 0.184. The van der Waals surface area contributed by atoms with Gasteiger partial charge in [0.2, 0.25) is 0 Å². The summed E-state index contributed by atoms with van der Waals surface area (Å²) in [6.45, 7) is 0. The van der Waals surface area contributed by atoms with Crippen LogP contribution in [0.25, 0.3) is 93.0 Å². The van der Waals surface area contributed by atoms with Gasteiger partial charge in [0, 0.05) is 53.3 Å². The van der Waals surface area contributed by atoms with Crippen molar-refractivity contribution in [3.8, 4) is 51.0 Å². The zero-order valence-corrected chi connectivity index (χ0v) is 27.1. The lowest BCUT2D eigenvalue weighted by molar-refractivity contribution is 1.07. The van der Waals surface area contributed by atoms with Crippen molar-refractivity contribution in [3.63, 3.8) is 0 Å². The second kappa shape index (κ2) is 11.6. The van der Waals surface area contributed by atoms with Crippen molar-refractivity contribution in [1.29, 1.82) is 0 Å². The minimum Gasteiger partial charge on any atom is -0.309 e. The van der Waals surface area contributed by atoms with Crippen molar-refractivity contribution in [2.24, 2.45) is 0 Å². The molecule has 0 radical (unpaired) electrons. The molecule has 234 valence electrons. The van der Waals surface area contributed by atoms with Gasteiger partial charge in [-0.15, -0.1) is 11.3 Å². The number of hydrogen-bond donors (Lipinski definition) is 0. The van der Waals surface area contributed by atoms with Gasteiger partial charge < -0.3 is 4.57 Å². The number of fused-ring (bicyclic) bond motifs is 6. The number of aromatic nitrogens is 4. The number of hydrogen-bond acceptors (Lipinski definition) is 4. The van der Waals surface area contributed by atoms with Crippen molar-refractivity contribution in [1.82, 2.24) is 19.5 Å². The van der Waals surface area contributed by atoms with E-state index in [0.717, 1.165) is 31.3 Å². The summed E-state index contributed by atoms with van der Waals surface area (Å²) in [5, 5.41) is 2.29. The lowest BCUT2D eigenvalue weighted by atomic mass is 10.0. The first kappa shape index (κ1) is 22.3. The Kier molecular flexibility index (Phi) is 5.17. The molecule has 0 atom stereocenters. The van der Waals surface area contributed by atoms with Gasteiger partial charge in [-0.2, -0.15) is 0 Å². The van der Waals surface area contributed by atoms with Gasteiger partial charge >= 0.3 is 0 Å². The summed E-state index contributed by atoms with van der Waals surface area (Å²) in [4.78, 5) is 14.5. The van der Waals surface area contributed by atoms with E-state index in [9.17, 15) is 4.11 Å². The van der Waals surface area contributed by atoms with Gasteiger partial charge in [0.15, 0.2) is 17.5 Å². The Morgan fingerprint density at radius 3 is 1.80 bits per heavy atom. The molecule has 0 saturated heterocycles. The summed E-state index contributed by atoms with van der Waals surface area (Å²) >= 11 is 1.60. The van der Waals surface area contributed by atoms with Gasteiger partial charge in [-0.1, -0.05) is 139 Å². The molecule has 0 saturated carbocycles. The third-order valence-corrected chi connectivity index (χ3v) is 10.1. The van der Waals surface area contributed by atoms with E-state index in [1.807, 2.05) is 115 Å². The fourth-order valence-electron chi connectivity index (χ4n) is 6.51. The molecule has 0 aliphatic heterocycles. The van der Waals surface area contributed by atoms with Crippen molar-refractivity contribution in [2.45, 2.75) is 0 Å². The summed E-state index contributed by atoms with van der Waals surface area (Å²) in [7, 11) is 0. The zero-order chi connectivity index (χ0) is 39.1. The Bertz CT molecular complexity index is 3260. The Morgan fingerprint density at radius 1 is 0.440 bits per heavy atom. The monoisotopic (exact) mass is 663 g/mol. The minimum absolute atomic E-state index is 0.0171. The molecule has 4 nitrogen and oxygen atoms in total. The van der Waals surface area contributed by atoms with Crippen LogP contribution >= 0.6 is 11.3 Å². The molecular formula is C45H28N4S. The number of thiophene rings is 1. The van der Waals surface area contributed by atoms with Crippen LogP contribution < -0.4 is 0 Å². The molecule has 3 heterocycles. The molecule has 0 aliphatic carbocycles. The highest BCUT2D eigenvalue weighted by Gasteiger charge is 2.17. The molecule has 0 spiro atoms. The van der Waals surface area contributed by atoms with E-state index in [4.69, 9.17) is 20.4 Å². The Labute approximate surface area is 302 Å². The highest BCUT2D eigenvalue weighted by atomic mass is 32.1. The van der Waals surface area contributed by atoms with Crippen LogP contribution in [-0.4, -0.2) is 19.5 Å². The van der Waals surface area contributed by atoms with Gasteiger partial charge in [-0.25, -0.2) is 15.0 Å². The SMILES string of the molecule is [2H]c1c([2H])c([2H])c2c(c1[2H])c1c([2H])c([2H])c(-c3nc(-c4ccccc4)nc(-c4ccc(-c5ccccc5)cc4)n3)c([2H])c1n2-c1ccc2c(c1)sc1ccccc12. The topological polar surface area (TPSA) is 43.6 Å². The summed E-state index contributed by atoms with van der Waals surface area (Å²) in [5.74, 6) is 0.662. The molecule has 0 fully saturated rings. The predicted octanol–water partition coefficient (Wildman–Crippen LogP) is 12.0. The van der Waals surface area contributed by atoms with Gasteiger partial charge in [-0.3, -0.25) is 0 Å². The summed E-state index contributed by atoms with van der Waals surface area (Å²) in [6, 6.07) is 38.7. The van der Waals surface area contributed by atoms with Crippen LogP contribution in [0.5, 0.6) is 0 Å². The van der Waals surface area contributed by atoms with E-state index < -0.39 is 12.1 Å². The maximum Gasteiger partial charge on any atom is 0.164 e. The van der Waals surface area contributed by atoms with Crippen LogP contribution in [0.2, 0.25) is 0 Å². The second-order valence-corrected chi connectivity index (χ2v) is 13.0. The smallest absolute Gasteiger partial charge is 0.164 e. The normalized spacial score (nSPS) is 13.6. The van der Waals surface area contributed by atoms with Crippen LogP contribution in [0.4, 0.5) is 0 Å². The number of rotatable bonds is 5. The standard InChI is InChI=1S/C45H28N4S/c1-3-11-29(12-4-1)30-19-21-32(22-20-30)44-46-43(31-13-5-2-6-14-31)47-45(48-44)33-23-25-36-35-15-7-9-17-39(35)49(40(36)27-33)34-24-26-38-37-16-8-10-18-41(37)50-42(38)28-34/h1-28H/i7D,9D,15D,17D,23D,25D,27D. The molecule has 3 aromatic heterocycles. The average molecular weight is 664 g/mol. The van der Waals surface area contributed by atoms with E-state index in [1.54, 1.807) is 15.9 Å². The molecule has 0 aliphatic rings. The van der Waals surface area contributed by atoms with Gasteiger partial charge in [0.25, 0.3) is 0 Å². The minimum atomic E-state index is -0.457. The van der Waals surface area contributed by atoms with Gasteiger partial charge in [-0.05, 0) is 41.4 Å². The molecular weight excluding hydrogens is 629 g/mol. The maximum atomic E-state index is 9.87. The highest BCUT2D eigenvalue weighted by Crippen LogP contribution is 2.39. The van der Waals surface area contributed by atoms with Crippen LogP contribution in [-0.2, 0) is 0 Å². The van der Waals surface area contributed by atoms with E-state index in [-0.39, 0.29) is 63.4 Å². The number of benzene rings is 7. The lowest BCUT2D eigenvalue weighted by Gasteiger charge is -2.11. The fraction of sp³-hybridized carbons (Fsp3) is 0. The third kappa shape index (κ3) is 4.79. The first-order valence-electron chi connectivity index (χ1n) is 19.6. The molecule has 10 aromatic rings. The average Bonchev–Trinajstić information content (AvgIpc) is 3.81. The van der Waals surface area contributed by atoms with E-state index in [0.29, 0.717) is 28.5 Å². The van der Waals surface area contributed by atoms with Crippen molar-refractivity contribution in [2.75, 3.05) is 0 Å². The highest BCUT2D eigenvalue weighted by molar-refractivity contribution is 7.25. The number of para-hydroxylation sites is 1. The first-order chi connectivity index (χ1) is 27.7. The summed E-state index contributed by atoms with van der Waals surface area (Å²) in [6.07, 6.45) is 0. The van der Waals surface area contributed by atoms with E-state index in [1.165, 1.54) is 0 Å². The Morgan fingerprint density at radius 2 is 1.02 bits per heavy atom. The maximum absolute atomic E-state index is 9.87. The van der Waals surface area contributed by atoms with E-state index >= 15 is 0 Å². The number of nitrogens with zero attached hydrogens (tertiary/aromatic N) is 4. The van der Waals surface area contributed by atoms with Gasteiger partial charge in [0.1, 0.15) is 0 Å². The molecule has 0 amide bonds. The van der Waals surface area contributed by atoms with Crippen molar-refractivity contribution < 1.29 is 9.60 Å². The molecule has 0 unspecified atom stereocenters. The second-order valence-electron chi connectivity index (χ2n) is 11.9. The third-order valence-electron chi connectivity index (χ3n) is 8.92. The lowest BCUT2D eigenvalue weighted by Crippen LogP contribution is -2.00. The largest absolute Gasteiger partial charge is 0.309 e. The van der Waals surface area contributed by atoms with Crippen LogP contribution in [0.15, 0.2) is 170 Å². The Hall–Kier alpha value is -6.43. The molecule has 0 N–H and O–H groups in total. The first-order valence-corrected chi connectivity index (χ1v) is 16.9. The molecule has 50 heavy (non-hydrogen) atoms. The van der Waals surface area contributed by atoms with Crippen LogP contribution in [0.1, 0.15) is 9.60 Å². The van der Waals surface area contributed by atoms with Crippen LogP contribution in [0.3, 0.4) is 0 Å². The van der Waals surface area contributed by atoms with E-state index in [2.05, 4.69) is 12.1 Å². The van der Waals surface area contributed by atoms with Crippen molar-refractivity contribution >= 4 is 53.3 Å². The Balaban J connectivity index is 1.27. The molecule has 7 aromatic carbocycles. The van der Waals surface area contributed by atoms with Gasteiger partial charge in [0.05, 0.1) is 20.6 Å². The summed E-state index contributed by atoms with van der Waals surface area (Å²) < 4.78 is 67.8. The summed E-state index contributed by atoms with van der Waals surface area (Å²) in [5.41, 5.74) is 4.27. The van der Waals surface area contributed by atoms with Crippen molar-refractivity contribution in [3.05, 3.63) is 170 Å². The van der Waals surface area contributed by atoms with Crippen LogP contribution in [0, 0.1) is 0 Å². The molecule has 5 heteroatoms. The predicted molar refractivity (Wildman–Crippen MR) is 209 cm³/mol. The molecule has 0 bridgehead atoms. The fourth-order valence-corrected chi connectivity index (χ4v) is 7.65. The molecule has 10 rings (SSSR count).